The molecule has 0 atom stereocenters. The van der Waals surface area contributed by atoms with Crippen LogP contribution in [0.2, 0.25) is 0 Å². The Bertz CT molecular complexity index is 366. The van der Waals surface area contributed by atoms with Crippen LogP contribution in [0.5, 0.6) is 0 Å². The lowest BCUT2D eigenvalue weighted by molar-refractivity contribution is 0.299. The zero-order valence-electron chi connectivity index (χ0n) is 6.84. The molecule has 0 radical (unpaired) electrons. The van der Waals surface area contributed by atoms with Crippen molar-refractivity contribution < 1.29 is 18.1 Å². The Kier molecular flexibility index (Phi) is 3.02. The summed E-state index contributed by atoms with van der Waals surface area (Å²) in [7, 11) is -4.10. The van der Waals surface area contributed by atoms with Gasteiger partial charge in [-0.25, -0.2) is 0 Å². The lowest BCUT2D eigenvalue weighted by Crippen LogP contribution is -1.98. The van der Waals surface area contributed by atoms with E-state index in [0.717, 1.165) is 5.56 Å². The summed E-state index contributed by atoms with van der Waals surface area (Å²) in [4.78, 5) is -0.130. The quantitative estimate of drug-likeness (QED) is 0.698. The maximum absolute atomic E-state index is 10.6. The Labute approximate surface area is 76.6 Å². The average Bonchev–Trinajstić information content (AvgIpc) is 2.04. The maximum atomic E-state index is 10.6. The Morgan fingerprint density at radius 3 is 2.08 bits per heavy atom. The van der Waals surface area contributed by atoms with Gasteiger partial charge in [0.2, 0.25) is 0 Å². The van der Waals surface area contributed by atoms with E-state index in [9.17, 15) is 8.42 Å². The summed E-state index contributed by atoms with van der Waals surface area (Å²) in [6.45, 7) is 0.0191. The molecule has 0 saturated carbocycles. The molecule has 0 aliphatic carbocycles. The molecule has 4 nitrogen and oxygen atoms in total. The molecule has 0 saturated heterocycles. The van der Waals surface area contributed by atoms with Crippen molar-refractivity contribution in [2.24, 2.45) is 0 Å². The van der Waals surface area contributed by atoms with Gasteiger partial charge in [0.25, 0.3) is 10.1 Å². The third kappa shape index (κ3) is 2.80. The van der Waals surface area contributed by atoms with Crippen LogP contribution in [0.1, 0.15) is 5.56 Å². The monoisotopic (exact) mass is 202 g/mol. The van der Waals surface area contributed by atoms with Crippen molar-refractivity contribution in [2.45, 2.75) is 11.3 Å². The number of rotatable bonds is 3. The van der Waals surface area contributed by atoms with E-state index in [-0.39, 0.29) is 11.5 Å². The molecule has 0 heterocycles. The fraction of sp³-hybridized carbons (Fsp3) is 0.250. The minimum atomic E-state index is -4.10. The van der Waals surface area contributed by atoms with Gasteiger partial charge in [0.1, 0.15) is 0 Å². The molecule has 2 N–H and O–H groups in total. The lowest BCUT2D eigenvalue weighted by atomic mass is 10.2. The van der Waals surface area contributed by atoms with Crippen molar-refractivity contribution >= 4 is 10.1 Å². The van der Waals surface area contributed by atoms with E-state index in [0.29, 0.717) is 6.42 Å². The van der Waals surface area contributed by atoms with Gasteiger partial charge in [0, 0.05) is 6.61 Å². The fourth-order valence-corrected chi connectivity index (χ4v) is 1.44. The topological polar surface area (TPSA) is 74.6 Å². The number of aliphatic hydroxyl groups excluding tert-OH is 1. The number of aliphatic hydroxyl groups is 1. The van der Waals surface area contributed by atoms with Crippen LogP contribution in [0, 0.1) is 0 Å². The van der Waals surface area contributed by atoms with Crippen LogP contribution in [-0.2, 0) is 16.5 Å². The highest BCUT2D eigenvalue weighted by atomic mass is 32.2. The molecule has 5 heteroatoms. The van der Waals surface area contributed by atoms with Gasteiger partial charge in [0.15, 0.2) is 0 Å². The third-order valence-corrected chi connectivity index (χ3v) is 2.49. The smallest absolute Gasteiger partial charge is 0.294 e. The van der Waals surface area contributed by atoms with E-state index in [1.165, 1.54) is 12.1 Å². The Morgan fingerprint density at radius 2 is 1.69 bits per heavy atom. The summed E-state index contributed by atoms with van der Waals surface area (Å²) < 4.78 is 29.8. The van der Waals surface area contributed by atoms with Crippen molar-refractivity contribution in [3.8, 4) is 0 Å². The normalized spacial score (nSPS) is 11.5. The van der Waals surface area contributed by atoms with Crippen LogP contribution < -0.4 is 0 Å². The van der Waals surface area contributed by atoms with Crippen LogP contribution >= 0.6 is 0 Å². The molecule has 13 heavy (non-hydrogen) atoms. The summed E-state index contributed by atoms with van der Waals surface area (Å²) in [6, 6.07) is 5.72. The van der Waals surface area contributed by atoms with Gasteiger partial charge in [-0.3, -0.25) is 4.55 Å². The SMILES string of the molecule is O=S(=O)(O)c1ccc(CCO)cc1. The lowest BCUT2D eigenvalue weighted by Gasteiger charge is -1.99. The molecule has 0 aliphatic rings. The Hall–Kier alpha value is -0.910. The van der Waals surface area contributed by atoms with Crippen molar-refractivity contribution in [3.05, 3.63) is 29.8 Å². The summed E-state index contributed by atoms with van der Waals surface area (Å²) in [5.74, 6) is 0. The number of hydrogen-bond donors (Lipinski definition) is 2. The van der Waals surface area contributed by atoms with Crippen molar-refractivity contribution in [1.29, 1.82) is 0 Å². The highest BCUT2D eigenvalue weighted by molar-refractivity contribution is 7.85. The molecule has 0 unspecified atom stereocenters. The molecule has 72 valence electrons. The van der Waals surface area contributed by atoms with E-state index in [2.05, 4.69) is 0 Å². The average molecular weight is 202 g/mol. The van der Waals surface area contributed by atoms with Crippen LogP contribution in [0.4, 0.5) is 0 Å². The van der Waals surface area contributed by atoms with Crippen molar-refractivity contribution in [1.82, 2.24) is 0 Å². The maximum Gasteiger partial charge on any atom is 0.294 e. The molecular formula is C8H10O4S. The summed E-state index contributed by atoms with van der Waals surface area (Å²) >= 11 is 0. The Morgan fingerprint density at radius 1 is 1.15 bits per heavy atom. The zero-order valence-corrected chi connectivity index (χ0v) is 7.66. The second kappa shape index (κ2) is 3.87. The van der Waals surface area contributed by atoms with E-state index < -0.39 is 10.1 Å². The largest absolute Gasteiger partial charge is 0.396 e. The van der Waals surface area contributed by atoms with Crippen LogP contribution in [-0.4, -0.2) is 24.7 Å². The van der Waals surface area contributed by atoms with Gasteiger partial charge >= 0.3 is 0 Å². The van der Waals surface area contributed by atoms with Gasteiger partial charge in [-0.05, 0) is 24.1 Å². The zero-order chi connectivity index (χ0) is 9.90. The summed E-state index contributed by atoms with van der Waals surface area (Å²) in [5.41, 5.74) is 0.829. The molecule has 0 spiro atoms. The van der Waals surface area contributed by atoms with Gasteiger partial charge in [-0.2, -0.15) is 8.42 Å². The van der Waals surface area contributed by atoms with Crippen molar-refractivity contribution in [3.63, 3.8) is 0 Å². The summed E-state index contributed by atoms with van der Waals surface area (Å²) in [6.07, 6.45) is 0.478. The van der Waals surface area contributed by atoms with Gasteiger partial charge in [-0.1, -0.05) is 12.1 Å². The molecule has 1 aromatic carbocycles. The third-order valence-electron chi connectivity index (χ3n) is 1.62. The highest BCUT2D eigenvalue weighted by Crippen LogP contribution is 2.09. The molecule has 0 aromatic heterocycles. The van der Waals surface area contributed by atoms with Gasteiger partial charge < -0.3 is 5.11 Å². The molecule has 1 rings (SSSR count). The van der Waals surface area contributed by atoms with E-state index in [1.807, 2.05) is 0 Å². The first-order chi connectivity index (χ1) is 6.04. The standard InChI is InChI=1S/C8H10O4S/c9-6-5-7-1-3-8(4-2-7)13(10,11)12/h1-4,9H,5-6H2,(H,10,11,12). The first-order valence-electron chi connectivity index (χ1n) is 3.71. The highest BCUT2D eigenvalue weighted by Gasteiger charge is 2.07. The molecular weight excluding hydrogens is 192 g/mol. The molecule has 1 aromatic rings. The molecule has 0 bridgehead atoms. The van der Waals surface area contributed by atoms with Gasteiger partial charge in [-0.15, -0.1) is 0 Å². The molecule has 0 amide bonds. The van der Waals surface area contributed by atoms with Crippen molar-refractivity contribution in [2.75, 3.05) is 6.61 Å². The number of hydrogen-bond acceptors (Lipinski definition) is 3. The predicted molar refractivity (Wildman–Crippen MR) is 47.0 cm³/mol. The first kappa shape index (κ1) is 10.2. The van der Waals surface area contributed by atoms with Gasteiger partial charge in [0.05, 0.1) is 4.90 Å². The molecule has 0 aliphatic heterocycles. The van der Waals surface area contributed by atoms with Crippen LogP contribution in [0.25, 0.3) is 0 Å². The van der Waals surface area contributed by atoms with Crippen LogP contribution in [0.3, 0.4) is 0 Å². The fourth-order valence-electron chi connectivity index (χ4n) is 0.957. The first-order valence-corrected chi connectivity index (χ1v) is 5.15. The number of benzene rings is 1. The second-order valence-corrected chi connectivity index (χ2v) is 4.01. The van der Waals surface area contributed by atoms with Crippen LogP contribution in [0.15, 0.2) is 29.2 Å². The summed E-state index contributed by atoms with van der Waals surface area (Å²) in [5, 5.41) is 8.58. The van der Waals surface area contributed by atoms with E-state index >= 15 is 0 Å². The minimum Gasteiger partial charge on any atom is -0.396 e. The second-order valence-electron chi connectivity index (χ2n) is 2.59. The predicted octanol–water partition coefficient (Wildman–Crippen LogP) is 0.468. The van der Waals surface area contributed by atoms with E-state index in [1.54, 1.807) is 12.1 Å². The Balaban J connectivity index is 2.94. The van der Waals surface area contributed by atoms with E-state index in [4.69, 9.17) is 9.66 Å². The minimum absolute atomic E-state index is 0.0191. The molecule has 0 fully saturated rings.